The van der Waals surface area contributed by atoms with E-state index in [1.165, 1.54) is 6.07 Å². The molecule has 0 saturated carbocycles. The molecule has 2 rings (SSSR count). The van der Waals surface area contributed by atoms with Gasteiger partial charge in [-0.3, -0.25) is 14.9 Å². The molecule has 23 heavy (non-hydrogen) atoms. The topological polar surface area (TPSA) is 75.5 Å². The SMILES string of the molecule is Cc1ccc(Nc2ccc(CC(=O)N(C)C)cc2)c([N+](=O)[O-])c1. The van der Waals surface area contributed by atoms with E-state index in [9.17, 15) is 14.9 Å². The monoisotopic (exact) mass is 313 g/mol. The first-order valence-corrected chi connectivity index (χ1v) is 7.18. The standard InChI is InChI=1S/C17H19N3O3/c1-12-4-9-15(16(10-12)20(22)23)18-14-7-5-13(6-8-14)11-17(21)19(2)3/h4-10,18H,11H2,1-3H3. The number of hydrogen-bond acceptors (Lipinski definition) is 4. The molecule has 0 aliphatic rings. The molecule has 2 aromatic carbocycles. The van der Waals surface area contributed by atoms with E-state index in [1.54, 1.807) is 25.1 Å². The second kappa shape index (κ2) is 6.91. The van der Waals surface area contributed by atoms with Crippen molar-refractivity contribution >= 4 is 23.0 Å². The summed E-state index contributed by atoms with van der Waals surface area (Å²) in [7, 11) is 3.43. The van der Waals surface area contributed by atoms with Crippen molar-refractivity contribution in [3.8, 4) is 0 Å². The minimum atomic E-state index is -0.403. The molecule has 120 valence electrons. The molecule has 0 heterocycles. The molecule has 0 bridgehead atoms. The van der Waals surface area contributed by atoms with E-state index in [1.807, 2.05) is 37.3 Å². The van der Waals surface area contributed by atoms with Gasteiger partial charge in [0.25, 0.3) is 5.69 Å². The second-order valence-electron chi connectivity index (χ2n) is 5.56. The van der Waals surface area contributed by atoms with Gasteiger partial charge in [0.1, 0.15) is 5.69 Å². The van der Waals surface area contributed by atoms with Crippen molar-refractivity contribution in [3.05, 3.63) is 63.7 Å². The Morgan fingerprint density at radius 3 is 2.39 bits per heavy atom. The average molecular weight is 313 g/mol. The van der Waals surface area contributed by atoms with Gasteiger partial charge >= 0.3 is 0 Å². The van der Waals surface area contributed by atoms with Crippen LogP contribution in [-0.4, -0.2) is 29.8 Å². The first-order chi connectivity index (χ1) is 10.9. The van der Waals surface area contributed by atoms with Crippen LogP contribution in [0, 0.1) is 17.0 Å². The summed E-state index contributed by atoms with van der Waals surface area (Å²) in [5, 5.41) is 14.2. The minimum Gasteiger partial charge on any atom is -0.350 e. The van der Waals surface area contributed by atoms with Crippen molar-refractivity contribution in [3.63, 3.8) is 0 Å². The molecule has 6 heteroatoms. The highest BCUT2D eigenvalue weighted by Gasteiger charge is 2.14. The molecule has 0 saturated heterocycles. The lowest BCUT2D eigenvalue weighted by Gasteiger charge is -2.11. The zero-order valence-electron chi connectivity index (χ0n) is 13.4. The number of nitro benzene ring substituents is 1. The molecule has 2 aromatic rings. The molecular formula is C17H19N3O3. The predicted molar refractivity (Wildman–Crippen MR) is 90.0 cm³/mol. The van der Waals surface area contributed by atoms with E-state index in [4.69, 9.17) is 0 Å². The lowest BCUT2D eigenvalue weighted by atomic mass is 10.1. The Kier molecular flexibility index (Phi) is 4.95. The maximum absolute atomic E-state index is 11.7. The van der Waals surface area contributed by atoms with Gasteiger partial charge in [-0.2, -0.15) is 0 Å². The number of nitrogens with one attached hydrogen (secondary N) is 1. The highest BCUT2D eigenvalue weighted by Crippen LogP contribution is 2.28. The zero-order chi connectivity index (χ0) is 17.0. The van der Waals surface area contributed by atoms with Gasteiger partial charge in [0.05, 0.1) is 11.3 Å². The Balaban J connectivity index is 2.16. The van der Waals surface area contributed by atoms with Crippen LogP contribution in [0.25, 0.3) is 0 Å². The highest BCUT2D eigenvalue weighted by atomic mass is 16.6. The summed E-state index contributed by atoms with van der Waals surface area (Å²) in [5.74, 6) is 0.0277. The number of anilines is 2. The van der Waals surface area contributed by atoms with E-state index in [2.05, 4.69) is 5.32 Å². The van der Waals surface area contributed by atoms with Crippen molar-refractivity contribution in [1.82, 2.24) is 4.90 Å². The number of nitrogens with zero attached hydrogens (tertiary/aromatic N) is 2. The Morgan fingerprint density at radius 1 is 1.17 bits per heavy atom. The zero-order valence-corrected chi connectivity index (χ0v) is 13.4. The largest absolute Gasteiger partial charge is 0.350 e. The second-order valence-corrected chi connectivity index (χ2v) is 5.56. The van der Waals surface area contributed by atoms with Crippen LogP contribution in [0.15, 0.2) is 42.5 Å². The quantitative estimate of drug-likeness (QED) is 0.679. The fourth-order valence-corrected chi connectivity index (χ4v) is 2.09. The summed E-state index contributed by atoms with van der Waals surface area (Å²) in [6.45, 7) is 1.81. The van der Waals surface area contributed by atoms with Gasteiger partial charge in [-0.25, -0.2) is 0 Å². The van der Waals surface area contributed by atoms with Crippen LogP contribution >= 0.6 is 0 Å². The van der Waals surface area contributed by atoms with E-state index >= 15 is 0 Å². The third-order valence-corrected chi connectivity index (χ3v) is 3.44. The van der Waals surface area contributed by atoms with Crippen LogP contribution in [-0.2, 0) is 11.2 Å². The van der Waals surface area contributed by atoms with Crippen LogP contribution in [0.1, 0.15) is 11.1 Å². The van der Waals surface area contributed by atoms with Crippen LogP contribution in [0.2, 0.25) is 0 Å². The predicted octanol–water partition coefficient (Wildman–Crippen LogP) is 3.28. The maximum atomic E-state index is 11.7. The molecule has 1 amide bonds. The molecule has 0 unspecified atom stereocenters. The number of amides is 1. The Morgan fingerprint density at radius 2 is 1.83 bits per heavy atom. The van der Waals surface area contributed by atoms with E-state index in [0.717, 1.165) is 16.8 Å². The summed E-state index contributed by atoms with van der Waals surface area (Å²) in [6.07, 6.45) is 0.331. The van der Waals surface area contributed by atoms with E-state index < -0.39 is 4.92 Å². The molecule has 0 fully saturated rings. The third-order valence-electron chi connectivity index (χ3n) is 3.44. The van der Waals surface area contributed by atoms with Gasteiger partial charge in [-0.1, -0.05) is 18.2 Å². The number of aryl methyl sites for hydroxylation is 1. The van der Waals surface area contributed by atoms with Gasteiger partial charge in [-0.05, 0) is 36.2 Å². The van der Waals surface area contributed by atoms with Gasteiger partial charge < -0.3 is 10.2 Å². The number of carbonyl (C=O) groups excluding carboxylic acids is 1. The average Bonchev–Trinajstić information content (AvgIpc) is 2.50. The smallest absolute Gasteiger partial charge is 0.292 e. The van der Waals surface area contributed by atoms with Crippen molar-refractivity contribution < 1.29 is 9.72 Å². The fraction of sp³-hybridized carbons (Fsp3) is 0.235. The molecule has 0 spiro atoms. The summed E-state index contributed by atoms with van der Waals surface area (Å²) in [4.78, 5) is 23.9. The normalized spacial score (nSPS) is 10.2. The number of benzene rings is 2. The van der Waals surface area contributed by atoms with Crippen molar-refractivity contribution in [2.45, 2.75) is 13.3 Å². The van der Waals surface area contributed by atoms with Crippen molar-refractivity contribution in [2.24, 2.45) is 0 Å². The van der Waals surface area contributed by atoms with Gasteiger partial charge in [0, 0.05) is 25.8 Å². The lowest BCUT2D eigenvalue weighted by Crippen LogP contribution is -2.23. The molecule has 0 atom stereocenters. The molecule has 0 radical (unpaired) electrons. The summed E-state index contributed by atoms with van der Waals surface area (Å²) >= 11 is 0. The lowest BCUT2D eigenvalue weighted by molar-refractivity contribution is -0.384. The van der Waals surface area contributed by atoms with E-state index in [-0.39, 0.29) is 11.6 Å². The van der Waals surface area contributed by atoms with Gasteiger partial charge in [0.2, 0.25) is 5.91 Å². The van der Waals surface area contributed by atoms with Crippen LogP contribution < -0.4 is 5.32 Å². The molecule has 6 nitrogen and oxygen atoms in total. The van der Waals surface area contributed by atoms with Crippen LogP contribution in [0.5, 0.6) is 0 Å². The number of rotatable bonds is 5. The Bertz CT molecular complexity index is 724. The summed E-state index contributed by atoms with van der Waals surface area (Å²) < 4.78 is 0. The van der Waals surface area contributed by atoms with Crippen molar-refractivity contribution in [2.75, 3.05) is 19.4 Å². The Labute approximate surface area is 134 Å². The van der Waals surface area contributed by atoms with Crippen molar-refractivity contribution in [1.29, 1.82) is 0 Å². The van der Waals surface area contributed by atoms with Crippen LogP contribution in [0.3, 0.4) is 0 Å². The van der Waals surface area contributed by atoms with Gasteiger partial charge in [0.15, 0.2) is 0 Å². The number of likely N-dealkylation sites (N-methyl/N-ethyl adjacent to an activating group) is 1. The van der Waals surface area contributed by atoms with E-state index in [0.29, 0.717) is 12.1 Å². The molecule has 0 aromatic heterocycles. The fourth-order valence-electron chi connectivity index (χ4n) is 2.09. The number of nitro groups is 1. The number of hydrogen-bond donors (Lipinski definition) is 1. The maximum Gasteiger partial charge on any atom is 0.292 e. The summed E-state index contributed by atoms with van der Waals surface area (Å²) in [6, 6.07) is 12.3. The molecular weight excluding hydrogens is 294 g/mol. The Hall–Kier alpha value is -2.89. The molecule has 0 aliphatic carbocycles. The summed E-state index contributed by atoms with van der Waals surface area (Å²) in [5.41, 5.74) is 2.94. The highest BCUT2D eigenvalue weighted by molar-refractivity contribution is 5.78. The minimum absolute atomic E-state index is 0.0277. The van der Waals surface area contributed by atoms with Gasteiger partial charge in [-0.15, -0.1) is 0 Å². The first kappa shape index (κ1) is 16.5. The third kappa shape index (κ3) is 4.29. The molecule has 1 N–H and O–H groups in total. The van der Waals surface area contributed by atoms with Crippen LogP contribution in [0.4, 0.5) is 17.1 Å². The number of carbonyl (C=O) groups is 1. The first-order valence-electron chi connectivity index (χ1n) is 7.18. The molecule has 0 aliphatic heterocycles.